The molecule has 0 radical (unpaired) electrons. The van der Waals surface area contributed by atoms with E-state index in [4.69, 9.17) is 4.74 Å². The molecule has 0 saturated heterocycles. The van der Waals surface area contributed by atoms with Crippen LogP contribution in [0.1, 0.15) is 127 Å². The fourth-order valence-electron chi connectivity index (χ4n) is 3.77. The van der Waals surface area contributed by atoms with E-state index in [2.05, 4.69) is 13.8 Å². The zero-order valence-corrected chi connectivity index (χ0v) is 18.6. The Morgan fingerprint density at radius 3 is 1.68 bits per heavy atom. The Bertz CT molecular complexity index is 469. The van der Waals surface area contributed by atoms with Gasteiger partial charge in [-0.3, -0.25) is 0 Å². The van der Waals surface area contributed by atoms with E-state index in [1.165, 1.54) is 83.5 Å². The highest BCUT2D eigenvalue weighted by Gasteiger charge is 2.14. The number of ether oxygens (including phenoxy) is 1. The van der Waals surface area contributed by atoms with Crippen LogP contribution in [0.5, 0.6) is 0 Å². The Labute approximate surface area is 174 Å². The second kappa shape index (κ2) is 17.8. The van der Waals surface area contributed by atoms with Gasteiger partial charge < -0.3 is 4.74 Å². The molecule has 0 aromatic heterocycles. The van der Waals surface area contributed by atoms with Gasteiger partial charge in [-0.25, -0.2) is 4.79 Å². The van der Waals surface area contributed by atoms with E-state index in [0.29, 0.717) is 5.56 Å². The smallest absolute Gasteiger partial charge is 0.338 e. The monoisotopic (exact) mass is 388 g/mol. The highest BCUT2D eigenvalue weighted by atomic mass is 16.5. The molecule has 0 amide bonds. The standard InChI is InChI=1S/C26H44O2/c1-3-5-6-7-8-9-10-11-12-13-14-15-19-23-25(20-4-2)28-26(27)24-21-17-16-18-22-24/h16-18,21-22,25H,3-15,19-20,23H2,1-2H3. The number of hydrogen-bond donors (Lipinski definition) is 0. The van der Waals surface area contributed by atoms with Gasteiger partial charge in [-0.2, -0.15) is 0 Å². The van der Waals surface area contributed by atoms with Crippen molar-refractivity contribution in [1.82, 2.24) is 0 Å². The van der Waals surface area contributed by atoms with E-state index < -0.39 is 0 Å². The summed E-state index contributed by atoms with van der Waals surface area (Å²) in [5, 5.41) is 0. The van der Waals surface area contributed by atoms with E-state index in [-0.39, 0.29) is 12.1 Å². The Hall–Kier alpha value is -1.31. The van der Waals surface area contributed by atoms with Gasteiger partial charge in [0, 0.05) is 0 Å². The van der Waals surface area contributed by atoms with Gasteiger partial charge in [0.1, 0.15) is 6.10 Å². The largest absolute Gasteiger partial charge is 0.459 e. The molecule has 2 heteroatoms. The van der Waals surface area contributed by atoms with Gasteiger partial charge in [-0.15, -0.1) is 0 Å². The van der Waals surface area contributed by atoms with Crippen molar-refractivity contribution in [2.24, 2.45) is 0 Å². The highest BCUT2D eigenvalue weighted by Crippen LogP contribution is 2.17. The molecule has 0 aliphatic rings. The number of esters is 1. The van der Waals surface area contributed by atoms with Gasteiger partial charge in [0.2, 0.25) is 0 Å². The lowest BCUT2D eigenvalue weighted by Crippen LogP contribution is -2.18. The number of unbranched alkanes of at least 4 members (excludes halogenated alkanes) is 12. The van der Waals surface area contributed by atoms with Crippen molar-refractivity contribution < 1.29 is 9.53 Å². The topological polar surface area (TPSA) is 26.3 Å². The Kier molecular flexibility index (Phi) is 15.7. The van der Waals surface area contributed by atoms with Crippen molar-refractivity contribution in [3.8, 4) is 0 Å². The number of carbonyl (C=O) groups excluding carboxylic acids is 1. The van der Waals surface area contributed by atoms with Crippen LogP contribution < -0.4 is 0 Å². The molecule has 160 valence electrons. The molecule has 28 heavy (non-hydrogen) atoms. The Morgan fingerprint density at radius 2 is 1.18 bits per heavy atom. The average Bonchev–Trinajstić information content (AvgIpc) is 2.72. The quantitative estimate of drug-likeness (QED) is 0.186. The first-order valence-corrected chi connectivity index (χ1v) is 12.0. The first-order chi connectivity index (χ1) is 13.8. The van der Waals surface area contributed by atoms with Crippen molar-refractivity contribution in [3.05, 3.63) is 35.9 Å². The fraction of sp³-hybridized carbons (Fsp3) is 0.731. The summed E-state index contributed by atoms with van der Waals surface area (Å²) in [5.41, 5.74) is 0.661. The molecule has 0 spiro atoms. The van der Waals surface area contributed by atoms with Crippen molar-refractivity contribution >= 4 is 5.97 Å². The molecule has 0 N–H and O–H groups in total. The lowest BCUT2D eigenvalue weighted by molar-refractivity contribution is 0.0253. The lowest BCUT2D eigenvalue weighted by atomic mass is 10.0. The first-order valence-electron chi connectivity index (χ1n) is 12.0. The SMILES string of the molecule is CCCCCCCCCCCCCCCC(CCC)OC(=O)c1ccccc1. The molecular weight excluding hydrogens is 344 g/mol. The van der Waals surface area contributed by atoms with Crippen LogP contribution in [0.3, 0.4) is 0 Å². The van der Waals surface area contributed by atoms with Crippen molar-refractivity contribution in [2.75, 3.05) is 0 Å². The van der Waals surface area contributed by atoms with E-state index in [1.807, 2.05) is 30.3 Å². The highest BCUT2D eigenvalue weighted by molar-refractivity contribution is 5.89. The molecule has 1 unspecified atom stereocenters. The van der Waals surface area contributed by atoms with Crippen molar-refractivity contribution in [1.29, 1.82) is 0 Å². The molecule has 1 aromatic rings. The van der Waals surface area contributed by atoms with E-state index >= 15 is 0 Å². The summed E-state index contributed by atoms with van der Waals surface area (Å²) in [6, 6.07) is 9.36. The summed E-state index contributed by atoms with van der Waals surface area (Å²) >= 11 is 0. The van der Waals surface area contributed by atoms with Crippen LogP contribution in [-0.2, 0) is 4.74 Å². The molecular formula is C26H44O2. The fourth-order valence-corrected chi connectivity index (χ4v) is 3.77. The van der Waals surface area contributed by atoms with Crippen LogP contribution in [0.2, 0.25) is 0 Å². The normalized spacial score (nSPS) is 12.1. The second-order valence-electron chi connectivity index (χ2n) is 8.21. The van der Waals surface area contributed by atoms with Gasteiger partial charge in [-0.05, 0) is 31.4 Å². The number of rotatable bonds is 18. The minimum absolute atomic E-state index is 0.0745. The van der Waals surface area contributed by atoms with Crippen LogP contribution in [0.4, 0.5) is 0 Å². The zero-order chi connectivity index (χ0) is 20.3. The van der Waals surface area contributed by atoms with E-state index in [1.54, 1.807) is 0 Å². The minimum atomic E-state index is -0.172. The summed E-state index contributed by atoms with van der Waals surface area (Å²) in [4.78, 5) is 12.2. The van der Waals surface area contributed by atoms with Gasteiger partial charge in [-0.1, -0.05) is 116 Å². The molecule has 0 aliphatic carbocycles. The maximum absolute atomic E-state index is 12.2. The second-order valence-corrected chi connectivity index (χ2v) is 8.21. The molecule has 1 atom stereocenters. The third-order valence-electron chi connectivity index (χ3n) is 5.52. The zero-order valence-electron chi connectivity index (χ0n) is 18.6. The van der Waals surface area contributed by atoms with Gasteiger partial charge in [0.25, 0.3) is 0 Å². The van der Waals surface area contributed by atoms with Gasteiger partial charge in [0.15, 0.2) is 0 Å². The minimum Gasteiger partial charge on any atom is -0.459 e. The summed E-state index contributed by atoms with van der Waals surface area (Å²) in [6.07, 6.45) is 20.9. The van der Waals surface area contributed by atoms with Crippen LogP contribution in [-0.4, -0.2) is 12.1 Å². The van der Waals surface area contributed by atoms with Crippen LogP contribution in [0.25, 0.3) is 0 Å². The number of carbonyl (C=O) groups is 1. The molecule has 2 nitrogen and oxygen atoms in total. The molecule has 0 saturated carbocycles. The Balaban J connectivity index is 2.01. The lowest BCUT2D eigenvalue weighted by Gasteiger charge is -2.17. The molecule has 0 bridgehead atoms. The summed E-state index contributed by atoms with van der Waals surface area (Å²) in [7, 11) is 0. The predicted octanol–water partition coefficient (Wildman–Crippen LogP) is 8.49. The summed E-state index contributed by atoms with van der Waals surface area (Å²) < 4.78 is 5.75. The predicted molar refractivity (Wildman–Crippen MR) is 121 cm³/mol. The molecule has 1 aromatic carbocycles. The number of benzene rings is 1. The molecule has 0 heterocycles. The van der Waals surface area contributed by atoms with Gasteiger partial charge in [0.05, 0.1) is 5.56 Å². The van der Waals surface area contributed by atoms with Crippen molar-refractivity contribution in [3.63, 3.8) is 0 Å². The summed E-state index contributed by atoms with van der Waals surface area (Å²) in [6.45, 7) is 4.44. The average molecular weight is 389 g/mol. The molecule has 1 rings (SSSR count). The van der Waals surface area contributed by atoms with Crippen LogP contribution >= 0.6 is 0 Å². The molecule has 0 aliphatic heterocycles. The first kappa shape index (κ1) is 24.7. The summed E-state index contributed by atoms with van der Waals surface area (Å²) in [5.74, 6) is -0.172. The third kappa shape index (κ3) is 13.0. The maximum atomic E-state index is 12.2. The van der Waals surface area contributed by atoms with E-state index in [9.17, 15) is 4.79 Å². The maximum Gasteiger partial charge on any atom is 0.338 e. The van der Waals surface area contributed by atoms with E-state index in [0.717, 1.165) is 19.3 Å². The Morgan fingerprint density at radius 1 is 0.679 bits per heavy atom. The third-order valence-corrected chi connectivity index (χ3v) is 5.52. The molecule has 0 fully saturated rings. The number of hydrogen-bond acceptors (Lipinski definition) is 2. The van der Waals surface area contributed by atoms with Crippen molar-refractivity contribution in [2.45, 2.75) is 123 Å². The van der Waals surface area contributed by atoms with Crippen LogP contribution in [0.15, 0.2) is 30.3 Å². The van der Waals surface area contributed by atoms with Gasteiger partial charge >= 0.3 is 5.97 Å². The van der Waals surface area contributed by atoms with Crippen LogP contribution in [0, 0.1) is 0 Å².